The fourth-order valence-corrected chi connectivity index (χ4v) is 1.97. The fraction of sp³-hybridized carbons (Fsp3) is 0.412. The smallest absolute Gasteiger partial charge is 0.341 e. The van der Waals surface area contributed by atoms with Crippen LogP contribution in [0, 0.1) is 0 Å². The van der Waals surface area contributed by atoms with Crippen LogP contribution in [0.1, 0.15) is 48.9 Å². The van der Waals surface area contributed by atoms with E-state index in [1.54, 1.807) is 18.2 Å². The average molecular weight is 306 g/mol. The first-order valence-electron chi connectivity index (χ1n) is 7.46. The van der Waals surface area contributed by atoms with Crippen LogP contribution in [-0.4, -0.2) is 28.8 Å². The highest BCUT2D eigenvalue weighted by atomic mass is 16.5. The number of unbranched alkanes of at least 4 members (excludes halogenated alkanes) is 5. The lowest BCUT2D eigenvalue weighted by Crippen LogP contribution is -2.06. The predicted octanol–water partition coefficient (Wildman–Crippen LogP) is 3.53. The van der Waals surface area contributed by atoms with Gasteiger partial charge in [0, 0.05) is 6.08 Å². The number of aromatic hydroxyl groups is 1. The number of hydrogen-bond donors (Lipinski definition) is 2. The highest BCUT2D eigenvalue weighted by Crippen LogP contribution is 2.16. The first-order valence-corrected chi connectivity index (χ1v) is 7.46. The number of benzene rings is 1. The minimum Gasteiger partial charge on any atom is -0.507 e. The Labute approximate surface area is 130 Å². The lowest BCUT2D eigenvalue weighted by atomic mass is 10.1. The van der Waals surface area contributed by atoms with Gasteiger partial charge in [-0.1, -0.05) is 37.5 Å². The zero-order valence-corrected chi connectivity index (χ0v) is 12.5. The second-order valence-corrected chi connectivity index (χ2v) is 4.95. The van der Waals surface area contributed by atoms with E-state index in [0.717, 1.165) is 38.5 Å². The summed E-state index contributed by atoms with van der Waals surface area (Å²) in [6, 6.07) is 6.31. The summed E-state index contributed by atoms with van der Waals surface area (Å²) in [4.78, 5) is 21.9. The second kappa shape index (κ2) is 10.4. The molecule has 0 aliphatic heterocycles. The number of esters is 1. The van der Waals surface area contributed by atoms with Crippen molar-refractivity contribution in [1.82, 2.24) is 0 Å². The van der Waals surface area contributed by atoms with Gasteiger partial charge in [0.05, 0.1) is 6.61 Å². The number of para-hydroxylation sites is 1. The lowest BCUT2D eigenvalue weighted by molar-refractivity contribution is -0.131. The van der Waals surface area contributed by atoms with Crippen molar-refractivity contribution in [2.45, 2.75) is 38.5 Å². The standard InChI is InChI=1S/C17H22O5/c18-15-11-8-7-10-14(15)17(21)22-13-9-5-3-1-2-4-6-12-16(19)20/h6-8,10-12,18H,1-5,9,13H2,(H,19,20). The fourth-order valence-electron chi connectivity index (χ4n) is 1.97. The van der Waals surface area contributed by atoms with Gasteiger partial charge in [0.15, 0.2) is 0 Å². The first-order chi connectivity index (χ1) is 10.6. The number of carbonyl (C=O) groups excluding carboxylic acids is 1. The maximum Gasteiger partial charge on any atom is 0.341 e. The van der Waals surface area contributed by atoms with E-state index in [-0.39, 0.29) is 11.3 Å². The Hall–Kier alpha value is -2.30. The number of carbonyl (C=O) groups is 2. The van der Waals surface area contributed by atoms with Crippen LogP contribution in [0.3, 0.4) is 0 Å². The molecule has 120 valence electrons. The van der Waals surface area contributed by atoms with Crippen molar-refractivity contribution in [2.24, 2.45) is 0 Å². The number of ether oxygens (including phenoxy) is 1. The summed E-state index contributed by atoms with van der Waals surface area (Å²) in [5.74, 6) is -1.48. The maximum atomic E-state index is 11.7. The summed E-state index contributed by atoms with van der Waals surface area (Å²) in [7, 11) is 0. The molecule has 0 aliphatic carbocycles. The molecule has 0 spiro atoms. The lowest BCUT2D eigenvalue weighted by Gasteiger charge is -2.06. The molecular formula is C17H22O5. The molecule has 1 aromatic rings. The van der Waals surface area contributed by atoms with E-state index >= 15 is 0 Å². The molecule has 0 saturated heterocycles. The molecule has 0 saturated carbocycles. The molecule has 5 heteroatoms. The van der Waals surface area contributed by atoms with Gasteiger partial charge in [0.1, 0.15) is 11.3 Å². The number of carboxylic acids is 1. The number of carboxylic acid groups (broad SMARTS) is 1. The van der Waals surface area contributed by atoms with Crippen LogP contribution in [-0.2, 0) is 9.53 Å². The molecule has 0 heterocycles. The van der Waals surface area contributed by atoms with Crippen LogP contribution in [0.15, 0.2) is 36.4 Å². The number of hydrogen-bond acceptors (Lipinski definition) is 4. The number of allylic oxidation sites excluding steroid dienone is 1. The Morgan fingerprint density at radius 1 is 1.05 bits per heavy atom. The molecule has 0 bridgehead atoms. The van der Waals surface area contributed by atoms with Gasteiger partial charge in [-0.15, -0.1) is 0 Å². The summed E-state index contributed by atoms with van der Waals surface area (Å²) in [6.07, 6.45) is 8.35. The molecule has 1 rings (SSSR count). The van der Waals surface area contributed by atoms with Gasteiger partial charge in [-0.25, -0.2) is 9.59 Å². The van der Waals surface area contributed by atoms with E-state index in [1.807, 2.05) is 0 Å². The molecule has 0 unspecified atom stereocenters. The SMILES string of the molecule is O=C(O)C=CCCCCCCCOC(=O)c1ccccc1O. The van der Waals surface area contributed by atoms with Crippen LogP contribution in [0.4, 0.5) is 0 Å². The molecule has 2 N–H and O–H groups in total. The van der Waals surface area contributed by atoms with Crippen molar-refractivity contribution in [3.05, 3.63) is 42.0 Å². The van der Waals surface area contributed by atoms with Crippen LogP contribution in [0.5, 0.6) is 5.75 Å². The number of phenols is 1. The molecule has 0 amide bonds. The molecule has 5 nitrogen and oxygen atoms in total. The summed E-state index contributed by atoms with van der Waals surface area (Å²) in [5, 5.41) is 17.9. The molecule has 0 fully saturated rings. The van der Waals surface area contributed by atoms with Crippen molar-refractivity contribution >= 4 is 11.9 Å². The van der Waals surface area contributed by atoms with Crippen LogP contribution < -0.4 is 0 Å². The van der Waals surface area contributed by atoms with Crippen molar-refractivity contribution in [3.8, 4) is 5.75 Å². The Morgan fingerprint density at radius 3 is 2.45 bits per heavy atom. The summed E-state index contributed by atoms with van der Waals surface area (Å²) in [5.41, 5.74) is 0.188. The largest absolute Gasteiger partial charge is 0.507 e. The summed E-state index contributed by atoms with van der Waals surface area (Å²) in [6.45, 7) is 0.339. The van der Waals surface area contributed by atoms with Gasteiger partial charge < -0.3 is 14.9 Å². The number of aliphatic carboxylic acids is 1. The van der Waals surface area contributed by atoms with Crippen LogP contribution >= 0.6 is 0 Å². The summed E-state index contributed by atoms with van der Waals surface area (Å²) < 4.78 is 5.10. The minimum atomic E-state index is -0.911. The van der Waals surface area contributed by atoms with Crippen LogP contribution in [0.25, 0.3) is 0 Å². The molecule has 22 heavy (non-hydrogen) atoms. The third-order valence-corrected chi connectivity index (χ3v) is 3.13. The summed E-state index contributed by atoms with van der Waals surface area (Å²) >= 11 is 0. The second-order valence-electron chi connectivity index (χ2n) is 4.95. The number of rotatable bonds is 10. The average Bonchev–Trinajstić information content (AvgIpc) is 2.49. The van der Waals surface area contributed by atoms with Gasteiger partial charge in [0.2, 0.25) is 0 Å². The van der Waals surface area contributed by atoms with E-state index < -0.39 is 11.9 Å². The molecule has 0 aliphatic rings. The van der Waals surface area contributed by atoms with E-state index in [1.165, 1.54) is 18.2 Å². The molecule has 0 atom stereocenters. The van der Waals surface area contributed by atoms with Gasteiger partial charge in [-0.05, 0) is 31.4 Å². The predicted molar refractivity (Wildman–Crippen MR) is 82.9 cm³/mol. The molecular weight excluding hydrogens is 284 g/mol. The topological polar surface area (TPSA) is 83.8 Å². The van der Waals surface area contributed by atoms with Crippen molar-refractivity contribution in [2.75, 3.05) is 6.61 Å². The van der Waals surface area contributed by atoms with Crippen molar-refractivity contribution in [1.29, 1.82) is 0 Å². The Morgan fingerprint density at radius 2 is 1.73 bits per heavy atom. The van der Waals surface area contributed by atoms with Crippen LogP contribution in [0.2, 0.25) is 0 Å². The van der Waals surface area contributed by atoms with E-state index in [0.29, 0.717) is 6.61 Å². The van der Waals surface area contributed by atoms with Crippen molar-refractivity contribution in [3.63, 3.8) is 0 Å². The monoisotopic (exact) mass is 306 g/mol. The minimum absolute atomic E-state index is 0.0677. The van der Waals surface area contributed by atoms with Crippen molar-refractivity contribution < 1.29 is 24.5 Å². The third-order valence-electron chi connectivity index (χ3n) is 3.13. The number of phenolic OH excluding ortho intramolecular Hbond substituents is 1. The highest BCUT2D eigenvalue weighted by molar-refractivity contribution is 5.92. The van der Waals surface area contributed by atoms with Gasteiger partial charge >= 0.3 is 11.9 Å². The van der Waals surface area contributed by atoms with E-state index in [2.05, 4.69) is 0 Å². The quantitative estimate of drug-likeness (QED) is 0.392. The normalized spacial score (nSPS) is 10.7. The molecule has 1 aromatic carbocycles. The van der Waals surface area contributed by atoms with Gasteiger partial charge in [-0.3, -0.25) is 0 Å². The van der Waals surface area contributed by atoms with E-state index in [9.17, 15) is 14.7 Å². The Kier molecular flexibility index (Phi) is 8.42. The molecule has 0 aromatic heterocycles. The zero-order valence-electron chi connectivity index (χ0n) is 12.5. The van der Waals surface area contributed by atoms with E-state index in [4.69, 9.17) is 9.84 Å². The zero-order chi connectivity index (χ0) is 16.2. The van der Waals surface area contributed by atoms with Gasteiger partial charge in [0.25, 0.3) is 0 Å². The Balaban J connectivity index is 2.03. The molecule has 0 radical (unpaired) electrons. The Bertz CT molecular complexity index is 508. The third kappa shape index (κ3) is 7.47. The highest BCUT2D eigenvalue weighted by Gasteiger charge is 2.10. The van der Waals surface area contributed by atoms with Gasteiger partial charge in [-0.2, -0.15) is 0 Å². The maximum absolute atomic E-state index is 11.7. The first kappa shape index (κ1) is 17.8.